The predicted octanol–water partition coefficient (Wildman–Crippen LogP) is 2.54. The SMILES string of the molecule is Cc1ccn(NS(=O)(=O)c2ccc(Cl)c(Cl)c2)c(=O)c1CC(=O)NCc1ccc(C(=N)N)cc1. The quantitative estimate of drug-likeness (QED) is 0.265. The van der Waals surface area contributed by atoms with Crippen molar-refractivity contribution in [1.82, 2.24) is 9.99 Å². The molecule has 1 amide bonds. The first-order chi connectivity index (χ1) is 16.0. The molecule has 5 N–H and O–H groups in total. The summed E-state index contributed by atoms with van der Waals surface area (Å²) in [5.74, 6) is -0.470. The van der Waals surface area contributed by atoms with Crippen molar-refractivity contribution in [3.05, 3.63) is 97.4 Å². The summed E-state index contributed by atoms with van der Waals surface area (Å²) in [5.41, 5.74) is 6.78. The van der Waals surface area contributed by atoms with Gasteiger partial charge in [0.2, 0.25) is 5.91 Å². The molecule has 0 bridgehead atoms. The van der Waals surface area contributed by atoms with E-state index in [2.05, 4.69) is 10.1 Å². The molecule has 0 aliphatic rings. The Morgan fingerprint density at radius 1 is 1.09 bits per heavy atom. The van der Waals surface area contributed by atoms with Gasteiger partial charge in [-0.3, -0.25) is 15.0 Å². The minimum absolute atomic E-state index is 0.0501. The molecular weight excluding hydrogens is 501 g/mol. The molecule has 3 aromatic rings. The smallest absolute Gasteiger partial charge is 0.275 e. The van der Waals surface area contributed by atoms with Crippen LogP contribution >= 0.6 is 23.2 Å². The van der Waals surface area contributed by atoms with Gasteiger partial charge < -0.3 is 11.1 Å². The Labute approximate surface area is 206 Å². The molecule has 9 nitrogen and oxygen atoms in total. The number of nitrogen functional groups attached to an aromatic ring is 1. The number of sulfonamides is 1. The maximum atomic E-state index is 12.9. The maximum absolute atomic E-state index is 12.9. The molecule has 0 saturated heterocycles. The number of aryl methyl sites for hydroxylation is 1. The largest absolute Gasteiger partial charge is 0.384 e. The Kier molecular flexibility index (Phi) is 7.65. The number of nitrogens with one attached hydrogen (secondary N) is 3. The zero-order valence-corrected chi connectivity index (χ0v) is 20.3. The number of halogens is 2. The number of rotatable bonds is 8. The molecule has 0 atom stereocenters. The number of hydrogen-bond acceptors (Lipinski definition) is 5. The van der Waals surface area contributed by atoms with Crippen LogP contribution in [0.3, 0.4) is 0 Å². The van der Waals surface area contributed by atoms with Crippen molar-refractivity contribution >= 4 is 45.0 Å². The summed E-state index contributed by atoms with van der Waals surface area (Å²) in [5, 5.41) is 10.4. The molecule has 0 aliphatic heterocycles. The molecule has 0 spiro atoms. The van der Waals surface area contributed by atoms with Crippen LogP contribution in [0.2, 0.25) is 10.0 Å². The minimum Gasteiger partial charge on any atom is -0.384 e. The monoisotopic (exact) mass is 521 g/mol. The molecule has 3 rings (SSSR count). The average molecular weight is 522 g/mol. The molecule has 0 fully saturated rings. The van der Waals surface area contributed by atoms with Gasteiger partial charge in [-0.1, -0.05) is 47.5 Å². The van der Waals surface area contributed by atoms with E-state index in [1.807, 2.05) is 0 Å². The summed E-state index contributed by atoms with van der Waals surface area (Å²) in [4.78, 5) is 27.4. The van der Waals surface area contributed by atoms with E-state index < -0.39 is 21.5 Å². The van der Waals surface area contributed by atoms with Gasteiger partial charge in [-0.2, -0.15) is 8.42 Å². The normalized spacial score (nSPS) is 11.1. The van der Waals surface area contributed by atoms with Crippen molar-refractivity contribution in [2.45, 2.75) is 24.8 Å². The van der Waals surface area contributed by atoms with E-state index in [4.69, 9.17) is 34.3 Å². The van der Waals surface area contributed by atoms with Crippen LogP contribution in [-0.4, -0.2) is 24.8 Å². The van der Waals surface area contributed by atoms with Gasteiger partial charge >= 0.3 is 0 Å². The van der Waals surface area contributed by atoms with Gasteiger partial charge in [0.25, 0.3) is 15.6 Å². The van der Waals surface area contributed by atoms with Gasteiger partial charge in [0.1, 0.15) is 5.84 Å². The third kappa shape index (κ3) is 5.96. The molecule has 1 aromatic heterocycles. The highest BCUT2D eigenvalue weighted by atomic mass is 35.5. The number of carbonyl (C=O) groups excluding carboxylic acids is 1. The fourth-order valence-electron chi connectivity index (χ4n) is 3.01. The first kappa shape index (κ1) is 25.3. The summed E-state index contributed by atoms with van der Waals surface area (Å²) in [6.45, 7) is 1.86. The molecule has 0 saturated carbocycles. The molecule has 1 heterocycles. The van der Waals surface area contributed by atoms with Gasteiger partial charge in [0.05, 0.1) is 21.4 Å². The third-order valence-electron chi connectivity index (χ3n) is 4.94. The maximum Gasteiger partial charge on any atom is 0.275 e. The fraction of sp³-hybridized carbons (Fsp3) is 0.136. The third-order valence-corrected chi connectivity index (χ3v) is 6.99. The van der Waals surface area contributed by atoms with Crippen molar-refractivity contribution < 1.29 is 13.2 Å². The molecule has 34 heavy (non-hydrogen) atoms. The summed E-state index contributed by atoms with van der Waals surface area (Å²) in [7, 11) is -4.14. The number of amides is 1. The number of amidine groups is 1. The van der Waals surface area contributed by atoms with Crippen molar-refractivity contribution in [2.75, 3.05) is 4.83 Å². The van der Waals surface area contributed by atoms with E-state index in [1.165, 1.54) is 30.5 Å². The van der Waals surface area contributed by atoms with E-state index in [1.54, 1.807) is 31.2 Å². The summed E-state index contributed by atoms with van der Waals surface area (Å²) in [6, 6.07) is 12.1. The second-order valence-electron chi connectivity index (χ2n) is 7.39. The molecule has 178 valence electrons. The van der Waals surface area contributed by atoms with Crippen LogP contribution in [0.25, 0.3) is 0 Å². The summed E-state index contributed by atoms with van der Waals surface area (Å²) in [6.07, 6.45) is 1.02. The zero-order chi connectivity index (χ0) is 25.0. The number of nitrogens with two attached hydrogens (primary N) is 1. The van der Waals surface area contributed by atoms with E-state index in [0.29, 0.717) is 11.1 Å². The predicted molar refractivity (Wildman–Crippen MR) is 131 cm³/mol. The van der Waals surface area contributed by atoms with Crippen LogP contribution in [0, 0.1) is 12.3 Å². The second kappa shape index (κ2) is 10.3. The van der Waals surface area contributed by atoms with Crippen LogP contribution < -0.4 is 21.4 Å². The number of pyridine rings is 1. The van der Waals surface area contributed by atoms with E-state index in [9.17, 15) is 18.0 Å². The van der Waals surface area contributed by atoms with Gasteiger partial charge in [0, 0.05) is 23.9 Å². The summed E-state index contributed by atoms with van der Waals surface area (Å²) >= 11 is 11.7. The lowest BCUT2D eigenvalue weighted by molar-refractivity contribution is -0.120. The Hall–Kier alpha value is -3.34. The zero-order valence-electron chi connectivity index (χ0n) is 17.9. The Morgan fingerprint density at radius 3 is 2.38 bits per heavy atom. The molecular formula is C22H21Cl2N5O4S. The molecule has 2 aromatic carbocycles. The second-order valence-corrected chi connectivity index (χ2v) is 9.86. The minimum atomic E-state index is -4.14. The number of hydrogen-bond donors (Lipinski definition) is 4. The Balaban J connectivity index is 1.74. The van der Waals surface area contributed by atoms with Crippen molar-refractivity contribution in [2.24, 2.45) is 5.73 Å². The van der Waals surface area contributed by atoms with Crippen molar-refractivity contribution in [1.29, 1.82) is 5.41 Å². The van der Waals surface area contributed by atoms with Gasteiger partial charge in [-0.15, -0.1) is 0 Å². The highest BCUT2D eigenvalue weighted by Crippen LogP contribution is 2.24. The van der Waals surface area contributed by atoms with Crippen molar-refractivity contribution in [3.8, 4) is 0 Å². The number of nitrogens with zero attached hydrogens (tertiary/aromatic N) is 1. The van der Waals surface area contributed by atoms with Crippen molar-refractivity contribution in [3.63, 3.8) is 0 Å². The van der Waals surface area contributed by atoms with E-state index in [-0.39, 0.29) is 39.3 Å². The Bertz CT molecular complexity index is 1420. The van der Waals surface area contributed by atoms with E-state index in [0.717, 1.165) is 10.2 Å². The topological polar surface area (TPSA) is 147 Å². The van der Waals surface area contributed by atoms with Crippen LogP contribution in [0.4, 0.5) is 0 Å². The molecule has 0 radical (unpaired) electrons. The Morgan fingerprint density at radius 2 is 1.76 bits per heavy atom. The standard InChI is InChI=1S/C22H21Cl2N5O4S/c1-13-8-9-29(28-34(32,33)16-6-7-18(23)19(24)10-16)22(31)17(13)11-20(30)27-12-14-2-4-15(5-3-14)21(25)26/h2-10,28H,11-12H2,1H3,(H3,25,26)(H,27,30). The lowest BCUT2D eigenvalue weighted by atomic mass is 10.1. The van der Waals surface area contributed by atoms with E-state index >= 15 is 0 Å². The van der Waals surface area contributed by atoms with Crippen LogP contribution in [0.5, 0.6) is 0 Å². The lowest BCUT2D eigenvalue weighted by Crippen LogP contribution is -2.36. The van der Waals surface area contributed by atoms with Gasteiger partial charge in [-0.25, -0.2) is 9.51 Å². The summed E-state index contributed by atoms with van der Waals surface area (Å²) < 4.78 is 26.2. The van der Waals surface area contributed by atoms with Crippen LogP contribution in [-0.2, 0) is 27.8 Å². The average Bonchev–Trinajstić information content (AvgIpc) is 2.79. The first-order valence-electron chi connectivity index (χ1n) is 9.87. The number of aromatic nitrogens is 1. The molecule has 12 heteroatoms. The fourth-order valence-corrected chi connectivity index (χ4v) is 4.40. The molecule has 0 aliphatic carbocycles. The van der Waals surface area contributed by atoms with Gasteiger partial charge in [0.15, 0.2) is 0 Å². The highest BCUT2D eigenvalue weighted by Gasteiger charge is 2.19. The number of benzene rings is 2. The molecule has 0 unspecified atom stereocenters. The highest BCUT2D eigenvalue weighted by molar-refractivity contribution is 7.92. The number of carbonyl (C=O) groups is 1. The van der Waals surface area contributed by atoms with Gasteiger partial charge in [-0.05, 0) is 42.3 Å². The lowest BCUT2D eigenvalue weighted by Gasteiger charge is -2.14. The van der Waals surface area contributed by atoms with Crippen LogP contribution in [0.1, 0.15) is 22.3 Å². The first-order valence-corrected chi connectivity index (χ1v) is 12.1. The van der Waals surface area contributed by atoms with Crippen LogP contribution in [0.15, 0.2) is 64.4 Å².